The summed E-state index contributed by atoms with van der Waals surface area (Å²) in [5, 5.41) is 4.30. The first kappa shape index (κ1) is 19.7. The van der Waals surface area contributed by atoms with E-state index in [0.717, 1.165) is 23.2 Å². The Morgan fingerprint density at radius 1 is 1.26 bits per heavy atom. The molecule has 0 saturated heterocycles. The minimum Gasteiger partial charge on any atom is -0.468 e. The highest BCUT2D eigenvalue weighted by molar-refractivity contribution is 6.30. The zero-order valence-corrected chi connectivity index (χ0v) is 17.1. The van der Waals surface area contributed by atoms with Crippen LogP contribution in [-0.4, -0.2) is 24.7 Å². The molecular weight excluding hydrogens is 360 g/mol. The SMILES string of the molecule is COC(=O)[C@H](N)Cc1cc(Cl)cc2c1NC(C)(C)CC2(C)c1ccccc1. The van der Waals surface area contributed by atoms with E-state index in [-0.39, 0.29) is 11.0 Å². The molecule has 0 spiro atoms. The van der Waals surface area contributed by atoms with E-state index in [4.69, 9.17) is 22.1 Å². The highest BCUT2D eigenvalue weighted by Crippen LogP contribution is 2.49. The predicted octanol–water partition coefficient (Wildman–Crippen LogP) is 4.28. The van der Waals surface area contributed by atoms with E-state index in [1.54, 1.807) is 0 Å². The Morgan fingerprint density at radius 2 is 1.93 bits per heavy atom. The lowest BCUT2D eigenvalue weighted by molar-refractivity contribution is -0.142. The molecule has 1 aliphatic rings. The number of nitrogens with one attached hydrogen (secondary N) is 1. The highest BCUT2D eigenvalue weighted by atomic mass is 35.5. The third-order valence-electron chi connectivity index (χ3n) is 5.39. The number of hydrogen-bond donors (Lipinski definition) is 2. The van der Waals surface area contributed by atoms with Gasteiger partial charge >= 0.3 is 5.97 Å². The van der Waals surface area contributed by atoms with Gasteiger partial charge in [-0.1, -0.05) is 48.9 Å². The third kappa shape index (κ3) is 3.83. The summed E-state index contributed by atoms with van der Waals surface area (Å²) in [5.41, 5.74) is 10.0. The second kappa shape index (κ2) is 7.17. The summed E-state index contributed by atoms with van der Waals surface area (Å²) in [4.78, 5) is 11.8. The standard InChI is InChI=1S/C22H27ClN2O2/c1-21(2)13-22(3,15-8-6-5-7-9-15)17-12-16(23)10-14(19(17)25-21)11-18(24)20(26)27-4/h5-10,12,18,25H,11,13,24H2,1-4H3/t18-,22?/m1/s1. The van der Waals surface area contributed by atoms with Crippen LogP contribution in [0.1, 0.15) is 43.9 Å². The fraction of sp³-hybridized carbons (Fsp3) is 0.409. The first-order valence-corrected chi connectivity index (χ1v) is 9.54. The average molecular weight is 387 g/mol. The summed E-state index contributed by atoms with van der Waals surface area (Å²) in [6, 6.07) is 13.7. The monoisotopic (exact) mass is 386 g/mol. The number of methoxy groups -OCH3 is 1. The maximum Gasteiger partial charge on any atom is 0.322 e. The number of fused-ring (bicyclic) bond motifs is 1. The summed E-state index contributed by atoms with van der Waals surface area (Å²) in [5.74, 6) is -0.426. The molecule has 0 amide bonds. The molecule has 2 atom stereocenters. The van der Waals surface area contributed by atoms with Crippen molar-refractivity contribution in [3.8, 4) is 0 Å². The van der Waals surface area contributed by atoms with Crippen LogP contribution in [0.3, 0.4) is 0 Å². The second-order valence-electron chi connectivity index (χ2n) is 8.21. The summed E-state index contributed by atoms with van der Waals surface area (Å²) in [6.45, 7) is 6.63. The number of ether oxygens (including phenoxy) is 1. The zero-order chi connectivity index (χ0) is 19.8. The van der Waals surface area contributed by atoms with Crippen molar-refractivity contribution in [2.24, 2.45) is 5.73 Å². The van der Waals surface area contributed by atoms with Gasteiger partial charge in [0.05, 0.1) is 7.11 Å². The first-order valence-electron chi connectivity index (χ1n) is 9.16. The minimum absolute atomic E-state index is 0.129. The molecule has 1 heterocycles. The van der Waals surface area contributed by atoms with Gasteiger partial charge < -0.3 is 15.8 Å². The maximum absolute atomic E-state index is 11.8. The quantitative estimate of drug-likeness (QED) is 0.769. The number of rotatable bonds is 4. The minimum atomic E-state index is -0.729. The van der Waals surface area contributed by atoms with E-state index in [1.807, 2.05) is 18.2 Å². The molecule has 1 unspecified atom stereocenters. The molecule has 1 aliphatic heterocycles. The molecule has 144 valence electrons. The van der Waals surface area contributed by atoms with Crippen molar-refractivity contribution in [2.45, 2.75) is 50.6 Å². The molecule has 0 radical (unpaired) electrons. The van der Waals surface area contributed by atoms with E-state index >= 15 is 0 Å². The zero-order valence-electron chi connectivity index (χ0n) is 16.3. The number of esters is 1. The van der Waals surface area contributed by atoms with E-state index in [2.05, 4.69) is 50.4 Å². The van der Waals surface area contributed by atoms with Gasteiger partial charge in [0.15, 0.2) is 0 Å². The van der Waals surface area contributed by atoms with E-state index in [9.17, 15) is 4.79 Å². The molecule has 27 heavy (non-hydrogen) atoms. The van der Waals surface area contributed by atoms with Crippen LogP contribution in [0.2, 0.25) is 5.02 Å². The molecular formula is C22H27ClN2O2. The van der Waals surface area contributed by atoms with Crippen molar-refractivity contribution in [1.29, 1.82) is 0 Å². The number of hydrogen-bond acceptors (Lipinski definition) is 4. The molecule has 2 aromatic rings. The van der Waals surface area contributed by atoms with Crippen LogP contribution >= 0.6 is 11.6 Å². The van der Waals surface area contributed by atoms with Gasteiger partial charge in [-0.15, -0.1) is 0 Å². The fourth-order valence-corrected chi connectivity index (χ4v) is 4.54. The lowest BCUT2D eigenvalue weighted by Gasteiger charge is -2.46. The van der Waals surface area contributed by atoms with Crippen molar-refractivity contribution in [2.75, 3.05) is 12.4 Å². The smallest absolute Gasteiger partial charge is 0.322 e. The lowest BCUT2D eigenvalue weighted by atomic mass is 9.65. The van der Waals surface area contributed by atoms with Gasteiger partial charge in [0.1, 0.15) is 6.04 Å². The van der Waals surface area contributed by atoms with E-state index in [0.29, 0.717) is 11.4 Å². The highest BCUT2D eigenvalue weighted by Gasteiger charge is 2.42. The molecule has 0 aromatic heterocycles. The molecule has 4 nitrogen and oxygen atoms in total. The average Bonchev–Trinajstić information content (AvgIpc) is 2.62. The van der Waals surface area contributed by atoms with Gasteiger partial charge in [0.2, 0.25) is 0 Å². The van der Waals surface area contributed by atoms with Crippen molar-refractivity contribution in [3.05, 3.63) is 64.2 Å². The number of benzene rings is 2. The molecule has 3 rings (SSSR count). The van der Waals surface area contributed by atoms with Crippen LogP contribution in [0, 0.1) is 0 Å². The molecule has 0 saturated carbocycles. The number of anilines is 1. The predicted molar refractivity (Wildman–Crippen MR) is 110 cm³/mol. The van der Waals surface area contributed by atoms with Gasteiger partial charge in [-0.05, 0) is 49.1 Å². The molecule has 0 fully saturated rings. The number of nitrogens with two attached hydrogens (primary N) is 1. The van der Waals surface area contributed by atoms with E-state index in [1.165, 1.54) is 12.7 Å². The summed E-state index contributed by atoms with van der Waals surface area (Å²) in [7, 11) is 1.35. The van der Waals surface area contributed by atoms with Crippen LogP contribution < -0.4 is 11.1 Å². The van der Waals surface area contributed by atoms with Gasteiger partial charge in [0, 0.05) is 28.1 Å². The van der Waals surface area contributed by atoms with Crippen LogP contribution in [0.4, 0.5) is 5.69 Å². The Kier molecular flexibility index (Phi) is 5.24. The molecule has 0 bridgehead atoms. The Balaban J connectivity index is 2.16. The van der Waals surface area contributed by atoms with Crippen LogP contribution in [0.15, 0.2) is 42.5 Å². The van der Waals surface area contributed by atoms with Gasteiger partial charge in [0.25, 0.3) is 0 Å². The second-order valence-corrected chi connectivity index (χ2v) is 8.64. The van der Waals surface area contributed by atoms with Gasteiger partial charge in [-0.25, -0.2) is 0 Å². The largest absolute Gasteiger partial charge is 0.468 e. The first-order chi connectivity index (χ1) is 12.7. The van der Waals surface area contributed by atoms with Crippen molar-refractivity contribution >= 4 is 23.3 Å². The van der Waals surface area contributed by atoms with Gasteiger partial charge in [-0.3, -0.25) is 4.79 Å². The summed E-state index contributed by atoms with van der Waals surface area (Å²) >= 11 is 6.48. The van der Waals surface area contributed by atoms with Crippen molar-refractivity contribution in [3.63, 3.8) is 0 Å². The molecule has 0 aliphatic carbocycles. The van der Waals surface area contributed by atoms with Crippen LogP contribution in [-0.2, 0) is 21.4 Å². The molecule has 3 N–H and O–H groups in total. The Bertz CT molecular complexity index is 851. The van der Waals surface area contributed by atoms with Crippen molar-refractivity contribution < 1.29 is 9.53 Å². The topological polar surface area (TPSA) is 64.3 Å². The maximum atomic E-state index is 11.8. The van der Waals surface area contributed by atoms with Gasteiger partial charge in [-0.2, -0.15) is 0 Å². The number of carbonyl (C=O) groups excluding carboxylic acids is 1. The number of halogens is 1. The Hall–Kier alpha value is -2.04. The Labute approximate surface area is 166 Å². The van der Waals surface area contributed by atoms with Crippen LogP contribution in [0.25, 0.3) is 0 Å². The third-order valence-corrected chi connectivity index (χ3v) is 5.61. The fourth-order valence-electron chi connectivity index (χ4n) is 4.30. The normalized spacial score (nSPS) is 21.7. The van der Waals surface area contributed by atoms with Crippen LogP contribution in [0.5, 0.6) is 0 Å². The molecule has 5 heteroatoms. The summed E-state index contributed by atoms with van der Waals surface area (Å²) < 4.78 is 4.79. The molecule has 2 aromatic carbocycles. The van der Waals surface area contributed by atoms with Crippen molar-refractivity contribution in [1.82, 2.24) is 0 Å². The lowest BCUT2D eigenvalue weighted by Crippen LogP contribution is -2.46. The van der Waals surface area contributed by atoms with E-state index < -0.39 is 12.0 Å². The Morgan fingerprint density at radius 3 is 2.56 bits per heavy atom. The summed E-state index contributed by atoms with van der Waals surface area (Å²) in [6.07, 6.45) is 1.28. The number of carbonyl (C=O) groups is 1.